The van der Waals surface area contributed by atoms with Gasteiger partial charge in [0.05, 0.1) is 17.7 Å². The summed E-state index contributed by atoms with van der Waals surface area (Å²) in [5.41, 5.74) is -0.113. The Hall–Kier alpha value is -1.88. The number of carbonyl (C=O) groups is 1. The lowest BCUT2D eigenvalue weighted by Crippen LogP contribution is -2.17. The molecule has 0 spiro atoms. The molecular weight excluding hydrogens is 297 g/mol. The predicted octanol–water partition coefficient (Wildman–Crippen LogP) is 3.25. The van der Waals surface area contributed by atoms with Gasteiger partial charge in [-0.15, -0.1) is 0 Å². The van der Waals surface area contributed by atoms with Crippen LogP contribution >= 0.6 is 11.6 Å². The monoisotopic (exact) mass is 309 g/mol. The molecule has 1 fully saturated rings. The van der Waals surface area contributed by atoms with Gasteiger partial charge in [-0.1, -0.05) is 0 Å². The Labute approximate surface area is 125 Å². The molecule has 1 aliphatic carbocycles. The van der Waals surface area contributed by atoms with Gasteiger partial charge in [-0.25, -0.2) is 4.39 Å². The van der Waals surface area contributed by atoms with Crippen LogP contribution in [0.3, 0.4) is 0 Å². The average molecular weight is 310 g/mol. The van der Waals surface area contributed by atoms with Crippen molar-refractivity contribution in [3.63, 3.8) is 0 Å². The molecule has 1 heterocycles. The number of fused-ring (bicyclic) bond motifs is 1. The first-order valence-electron chi connectivity index (χ1n) is 6.74. The van der Waals surface area contributed by atoms with Crippen molar-refractivity contribution in [3.8, 4) is 5.75 Å². The molecular formula is C15H13ClFNO3. The molecule has 0 amide bonds. The second-order valence-corrected chi connectivity index (χ2v) is 5.36. The van der Waals surface area contributed by atoms with Gasteiger partial charge in [0, 0.05) is 23.7 Å². The van der Waals surface area contributed by atoms with Gasteiger partial charge in [0.15, 0.2) is 11.6 Å². The maximum absolute atomic E-state index is 14.0. The molecule has 1 aromatic heterocycles. The second kappa shape index (κ2) is 5.15. The third-order valence-corrected chi connectivity index (χ3v) is 3.74. The Morgan fingerprint density at radius 2 is 2.19 bits per heavy atom. The zero-order valence-electron chi connectivity index (χ0n) is 11.4. The van der Waals surface area contributed by atoms with Gasteiger partial charge in [-0.2, -0.15) is 0 Å². The summed E-state index contributed by atoms with van der Waals surface area (Å²) in [6.45, 7) is 2.08. The number of rotatable bonds is 4. The molecule has 0 saturated heterocycles. The molecule has 0 unspecified atom stereocenters. The summed E-state index contributed by atoms with van der Waals surface area (Å²) < 4.78 is 21.0. The van der Waals surface area contributed by atoms with Crippen molar-refractivity contribution in [1.29, 1.82) is 0 Å². The van der Waals surface area contributed by atoms with E-state index in [1.165, 1.54) is 12.3 Å². The fraction of sp³-hybridized carbons (Fsp3) is 0.333. The Kier molecular flexibility index (Phi) is 3.45. The fourth-order valence-corrected chi connectivity index (χ4v) is 2.55. The second-order valence-electron chi connectivity index (χ2n) is 5.02. The van der Waals surface area contributed by atoms with E-state index in [0.717, 1.165) is 18.9 Å². The normalized spacial score (nSPS) is 14.4. The number of aromatic nitrogens is 1. The van der Waals surface area contributed by atoms with Crippen molar-refractivity contribution in [1.82, 2.24) is 4.57 Å². The van der Waals surface area contributed by atoms with Gasteiger partial charge in [-0.05, 0) is 37.4 Å². The van der Waals surface area contributed by atoms with Crippen LogP contribution < -0.4 is 10.2 Å². The first kappa shape index (κ1) is 14.1. The minimum Gasteiger partial charge on any atom is -0.491 e. The Morgan fingerprint density at radius 3 is 2.76 bits per heavy atom. The minimum absolute atomic E-state index is 0.101. The van der Waals surface area contributed by atoms with Crippen LogP contribution in [0.25, 0.3) is 10.9 Å². The standard InChI is InChI=1S/C15H13ClFNO3/c1-2-21-13-6-12-9(5-11(13)17)14(19)10(15(16)20)7-18(12)8-3-4-8/h5-8H,2-4H2,1H3. The van der Waals surface area contributed by atoms with Gasteiger partial charge in [0.1, 0.15) is 0 Å². The summed E-state index contributed by atoms with van der Waals surface area (Å²) in [7, 11) is 0. The van der Waals surface area contributed by atoms with Crippen molar-refractivity contribution >= 4 is 27.7 Å². The van der Waals surface area contributed by atoms with Gasteiger partial charge >= 0.3 is 0 Å². The number of nitrogens with zero attached hydrogens (tertiary/aromatic N) is 1. The number of hydrogen-bond donors (Lipinski definition) is 0. The summed E-state index contributed by atoms with van der Waals surface area (Å²) >= 11 is 5.46. The predicted molar refractivity (Wildman–Crippen MR) is 77.8 cm³/mol. The van der Waals surface area contributed by atoms with E-state index >= 15 is 0 Å². The molecule has 4 nitrogen and oxygen atoms in total. The van der Waals surface area contributed by atoms with Crippen LogP contribution in [0.5, 0.6) is 5.75 Å². The number of carbonyl (C=O) groups excluding carboxylic acids is 1. The molecule has 0 N–H and O–H groups in total. The summed E-state index contributed by atoms with van der Waals surface area (Å²) in [5.74, 6) is -0.522. The smallest absolute Gasteiger partial charge is 0.257 e. The molecule has 1 aliphatic rings. The maximum Gasteiger partial charge on any atom is 0.257 e. The van der Waals surface area contributed by atoms with Crippen LogP contribution in [-0.4, -0.2) is 16.4 Å². The zero-order chi connectivity index (χ0) is 15.1. The highest BCUT2D eigenvalue weighted by atomic mass is 35.5. The molecule has 1 saturated carbocycles. The third kappa shape index (κ3) is 2.42. The maximum atomic E-state index is 14.0. The molecule has 0 radical (unpaired) electrons. The molecule has 3 rings (SSSR count). The summed E-state index contributed by atoms with van der Waals surface area (Å²) in [4.78, 5) is 23.7. The molecule has 21 heavy (non-hydrogen) atoms. The molecule has 6 heteroatoms. The Bertz CT molecular complexity index is 796. The molecule has 2 aromatic rings. The van der Waals surface area contributed by atoms with Crippen molar-refractivity contribution in [2.24, 2.45) is 0 Å². The lowest BCUT2D eigenvalue weighted by Gasteiger charge is -2.13. The van der Waals surface area contributed by atoms with Gasteiger partial charge < -0.3 is 9.30 Å². The summed E-state index contributed by atoms with van der Waals surface area (Å²) in [6.07, 6.45) is 3.37. The van der Waals surface area contributed by atoms with E-state index in [4.69, 9.17) is 16.3 Å². The van der Waals surface area contributed by atoms with E-state index in [9.17, 15) is 14.0 Å². The fourth-order valence-electron chi connectivity index (χ4n) is 2.41. The first-order valence-corrected chi connectivity index (χ1v) is 7.11. The topological polar surface area (TPSA) is 48.3 Å². The number of hydrogen-bond acceptors (Lipinski definition) is 3. The van der Waals surface area contributed by atoms with E-state index in [2.05, 4.69) is 0 Å². The average Bonchev–Trinajstić information content (AvgIpc) is 3.25. The molecule has 0 atom stereocenters. The van der Waals surface area contributed by atoms with E-state index in [1.807, 2.05) is 4.57 Å². The number of benzene rings is 1. The van der Waals surface area contributed by atoms with E-state index in [1.54, 1.807) is 6.92 Å². The van der Waals surface area contributed by atoms with Crippen molar-refractivity contribution < 1.29 is 13.9 Å². The molecule has 110 valence electrons. The number of halogens is 2. The van der Waals surface area contributed by atoms with Crippen LogP contribution in [0.1, 0.15) is 36.2 Å². The molecule has 0 aliphatic heterocycles. The van der Waals surface area contributed by atoms with Crippen LogP contribution in [0.2, 0.25) is 0 Å². The van der Waals surface area contributed by atoms with Crippen molar-refractivity contribution in [2.75, 3.05) is 6.61 Å². The third-order valence-electron chi connectivity index (χ3n) is 3.54. The van der Waals surface area contributed by atoms with Gasteiger partial charge in [-0.3, -0.25) is 9.59 Å². The van der Waals surface area contributed by atoms with E-state index in [-0.39, 0.29) is 22.7 Å². The molecule has 1 aromatic carbocycles. The SMILES string of the molecule is CCOc1cc2c(cc1F)c(=O)c(C(=O)Cl)cn2C1CC1. The van der Waals surface area contributed by atoms with Gasteiger partial charge in [0.2, 0.25) is 5.43 Å². The number of ether oxygens (including phenoxy) is 1. The van der Waals surface area contributed by atoms with Gasteiger partial charge in [0.25, 0.3) is 5.24 Å². The molecule has 0 bridgehead atoms. The highest BCUT2D eigenvalue weighted by molar-refractivity contribution is 6.67. The summed E-state index contributed by atoms with van der Waals surface area (Å²) in [5, 5.41) is -0.681. The van der Waals surface area contributed by atoms with Crippen LogP contribution in [0, 0.1) is 5.82 Å². The van der Waals surface area contributed by atoms with Crippen LogP contribution in [0.4, 0.5) is 4.39 Å². The minimum atomic E-state index is -0.828. The van der Waals surface area contributed by atoms with Crippen LogP contribution in [-0.2, 0) is 0 Å². The first-order chi connectivity index (χ1) is 10.0. The van der Waals surface area contributed by atoms with E-state index in [0.29, 0.717) is 12.1 Å². The quantitative estimate of drug-likeness (QED) is 0.815. The van der Waals surface area contributed by atoms with Crippen LogP contribution in [0.15, 0.2) is 23.1 Å². The number of pyridine rings is 1. The highest BCUT2D eigenvalue weighted by Gasteiger charge is 2.27. The zero-order valence-corrected chi connectivity index (χ0v) is 12.1. The lowest BCUT2D eigenvalue weighted by atomic mass is 10.1. The lowest BCUT2D eigenvalue weighted by molar-refractivity contribution is 0.108. The van der Waals surface area contributed by atoms with Crippen molar-refractivity contribution in [3.05, 3.63) is 39.9 Å². The largest absolute Gasteiger partial charge is 0.491 e. The Morgan fingerprint density at radius 1 is 1.48 bits per heavy atom. The van der Waals surface area contributed by atoms with E-state index < -0.39 is 16.5 Å². The highest BCUT2D eigenvalue weighted by Crippen LogP contribution is 2.38. The summed E-state index contributed by atoms with van der Waals surface area (Å²) in [6, 6.07) is 2.84. The van der Waals surface area contributed by atoms with Crippen molar-refractivity contribution in [2.45, 2.75) is 25.8 Å². The Balaban J connectivity index is 2.35.